The molecular weight excluding hydrogens is 382 g/mol. The fourth-order valence-electron chi connectivity index (χ4n) is 3.73. The van der Waals surface area contributed by atoms with Gasteiger partial charge in [0.05, 0.1) is 13.2 Å². The summed E-state index contributed by atoms with van der Waals surface area (Å²) in [5.74, 6) is 0.771. The number of aromatic nitrogens is 4. The molecule has 3 aromatic rings. The Morgan fingerprint density at radius 1 is 1.00 bits per heavy atom. The van der Waals surface area contributed by atoms with E-state index in [9.17, 15) is 0 Å². The zero-order valence-corrected chi connectivity index (χ0v) is 16.2. The summed E-state index contributed by atoms with van der Waals surface area (Å²) in [6, 6.07) is 8.63. The third-order valence-corrected chi connectivity index (χ3v) is 6.36. The van der Waals surface area contributed by atoms with Gasteiger partial charge in [0.2, 0.25) is 5.28 Å². The largest absolute Gasteiger partial charge is 0.378 e. The number of rotatable bonds is 3. The summed E-state index contributed by atoms with van der Waals surface area (Å²) < 4.78 is 5.45. The number of thioether (sulfide) groups is 1. The molecule has 0 unspecified atom stereocenters. The Morgan fingerprint density at radius 3 is 2.48 bits per heavy atom. The topological polar surface area (TPSA) is 64.0 Å². The lowest BCUT2D eigenvalue weighted by Crippen LogP contribution is -2.37. The van der Waals surface area contributed by atoms with Crippen LogP contribution in [0.3, 0.4) is 0 Å². The van der Waals surface area contributed by atoms with Gasteiger partial charge in [-0.15, -0.1) is 0 Å². The molecule has 0 bridgehead atoms. The number of halogens is 1. The second-order valence-electron chi connectivity index (χ2n) is 6.71. The molecule has 1 aliphatic heterocycles. The molecule has 138 valence electrons. The Kier molecular flexibility index (Phi) is 4.59. The highest BCUT2D eigenvalue weighted by molar-refractivity contribution is 8.00. The summed E-state index contributed by atoms with van der Waals surface area (Å²) in [7, 11) is 0. The first-order valence-corrected chi connectivity index (χ1v) is 10.3. The standard InChI is InChI=1S/C19H18ClN5OS/c20-19-23-16-15(17(24-19)25-5-7-26-8-6-25)21-11-22-18(16)27-14-9-12-3-1-2-4-13(12)10-14/h1-4,11,14H,5-10H2. The quantitative estimate of drug-likeness (QED) is 0.495. The van der Waals surface area contributed by atoms with Gasteiger partial charge < -0.3 is 9.64 Å². The molecule has 2 aliphatic rings. The van der Waals surface area contributed by atoms with E-state index in [-0.39, 0.29) is 5.28 Å². The Labute approximate surface area is 166 Å². The SMILES string of the molecule is Clc1nc(N2CCOCC2)c2ncnc(SC3Cc4ccccc4C3)c2n1. The molecule has 0 amide bonds. The lowest BCUT2D eigenvalue weighted by atomic mass is 10.1. The number of benzene rings is 1. The summed E-state index contributed by atoms with van der Waals surface area (Å²) >= 11 is 8.02. The molecule has 0 saturated carbocycles. The lowest BCUT2D eigenvalue weighted by molar-refractivity contribution is 0.122. The van der Waals surface area contributed by atoms with Crippen LogP contribution in [0.25, 0.3) is 11.0 Å². The van der Waals surface area contributed by atoms with Crippen molar-refractivity contribution in [3.63, 3.8) is 0 Å². The third-order valence-electron chi connectivity index (χ3n) is 5.01. The molecule has 3 heterocycles. The zero-order valence-electron chi connectivity index (χ0n) is 14.6. The lowest BCUT2D eigenvalue weighted by Gasteiger charge is -2.28. The van der Waals surface area contributed by atoms with E-state index in [0.29, 0.717) is 18.5 Å². The van der Waals surface area contributed by atoms with Crippen molar-refractivity contribution in [2.75, 3.05) is 31.2 Å². The predicted octanol–water partition coefficient (Wildman–Crippen LogP) is 3.17. The fourth-order valence-corrected chi connectivity index (χ4v) is 5.09. The molecule has 5 rings (SSSR count). The first kappa shape index (κ1) is 17.2. The van der Waals surface area contributed by atoms with Gasteiger partial charge >= 0.3 is 0 Å². The molecule has 1 aromatic carbocycles. The minimum absolute atomic E-state index is 0.232. The number of hydrogen-bond acceptors (Lipinski definition) is 7. The molecule has 0 radical (unpaired) electrons. The smallest absolute Gasteiger partial charge is 0.225 e. The fraction of sp³-hybridized carbons (Fsp3) is 0.368. The highest BCUT2D eigenvalue weighted by Crippen LogP contribution is 2.37. The predicted molar refractivity (Wildman–Crippen MR) is 107 cm³/mol. The van der Waals surface area contributed by atoms with Crippen LogP contribution >= 0.6 is 23.4 Å². The van der Waals surface area contributed by atoms with Crippen molar-refractivity contribution >= 4 is 40.2 Å². The van der Waals surface area contributed by atoms with Gasteiger partial charge in [-0.1, -0.05) is 36.0 Å². The molecule has 1 aliphatic carbocycles. The zero-order chi connectivity index (χ0) is 18.2. The van der Waals surface area contributed by atoms with Crippen molar-refractivity contribution in [3.8, 4) is 0 Å². The van der Waals surface area contributed by atoms with Crippen molar-refractivity contribution in [1.82, 2.24) is 19.9 Å². The third kappa shape index (κ3) is 3.35. The van der Waals surface area contributed by atoms with Gasteiger partial charge in [-0.3, -0.25) is 0 Å². The number of morpholine rings is 1. The second kappa shape index (κ2) is 7.22. The van der Waals surface area contributed by atoms with Crippen LogP contribution in [0.4, 0.5) is 5.82 Å². The highest BCUT2D eigenvalue weighted by atomic mass is 35.5. The van der Waals surface area contributed by atoms with Gasteiger partial charge in [-0.2, -0.15) is 4.98 Å². The molecule has 0 spiro atoms. The molecule has 0 atom stereocenters. The summed E-state index contributed by atoms with van der Waals surface area (Å²) in [5, 5.41) is 1.55. The van der Waals surface area contributed by atoms with Crippen LogP contribution in [0, 0.1) is 0 Å². The normalized spacial score (nSPS) is 17.4. The van der Waals surface area contributed by atoms with Gasteiger partial charge in [0, 0.05) is 18.3 Å². The maximum absolute atomic E-state index is 6.26. The number of hydrogen-bond donors (Lipinski definition) is 0. The number of ether oxygens (including phenoxy) is 1. The molecule has 27 heavy (non-hydrogen) atoms. The van der Waals surface area contributed by atoms with E-state index in [2.05, 4.69) is 49.1 Å². The minimum atomic E-state index is 0.232. The summed E-state index contributed by atoms with van der Waals surface area (Å²) in [4.78, 5) is 20.1. The van der Waals surface area contributed by atoms with Crippen molar-refractivity contribution in [2.45, 2.75) is 23.1 Å². The van der Waals surface area contributed by atoms with E-state index in [0.717, 1.165) is 47.8 Å². The van der Waals surface area contributed by atoms with E-state index in [1.165, 1.54) is 11.1 Å². The van der Waals surface area contributed by atoms with E-state index in [1.54, 1.807) is 18.1 Å². The maximum Gasteiger partial charge on any atom is 0.225 e. The summed E-state index contributed by atoms with van der Waals surface area (Å²) in [5.41, 5.74) is 4.35. The number of fused-ring (bicyclic) bond motifs is 2. The van der Waals surface area contributed by atoms with Crippen LogP contribution in [0.1, 0.15) is 11.1 Å². The van der Waals surface area contributed by atoms with E-state index in [1.807, 2.05) is 0 Å². The van der Waals surface area contributed by atoms with E-state index >= 15 is 0 Å². The van der Waals surface area contributed by atoms with Gasteiger partial charge in [0.25, 0.3) is 0 Å². The average molecular weight is 400 g/mol. The average Bonchev–Trinajstić information content (AvgIpc) is 3.11. The first-order valence-electron chi connectivity index (χ1n) is 9.02. The van der Waals surface area contributed by atoms with Crippen molar-refractivity contribution in [1.29, 1.82) is 0 Å². The van der Waals surface area contributed by atoms with Gasteiger partial charge in [-0.25, -0.2) is 15.0 Å². The molecule has 6 nitrogen and oxygen atoms in total. The van der Waals surface area contributed by atoms with Crippen LogP contribution in [0.15, 0.2) is 35.6 Å². The van der Waals surface area contributed by atoms with Gasteiger partial charge in [-0.05, 0) is 35.6 Å². The van der Waals surface area contributed by atoms with Crippen LogP contribution in [0.2, 0.25) is 5.28 Å². The molecular formula is C19H18ClN5OS. The number of nitrogens with zero attached hydrogens (tertiary/aromatic N) is 5. The monoisotopic (exact) mass is 399 g/mol. The molecule has 1 saturated heterocycles. The van der Waals surface area contributed by atoms with Crippen LogP contribution < -0.4 is 4.90 Å². The Morgan fingerprint density at radius 2 is 1.74 bits per heavy atom. The molecule has 1 fully saturated rings. The van der Waals surface area contributed by atoms with Crippen molar-refractivity contribution in [2.24, 2.45) is 0 Å². The van der Waals surface area contributed by atoms with E-state index < -0.39 is 0 Å². The van der Waals surface area contributed by atoms with Crippen molar-refractivity contribution in [3.05, 3.63) is 47.0 Å². The highest BCUT2D eigenvalue weighted by Gasteiger charge is 2.25. The Balaban J connectivity index is 1.49. The Bertz CT molecular complexity index is 970. The summed E-state index contributed by atoms with van der Waals surface area (Å²) in [6.07, 6.45) is 3.69. The van der Waals surface area contributed by atoms with Gasteiger partial charge in [0.15, 0.2) is 5.82 Å². The Hall–Kier alpha value is -1.96. The van der Waals surface area contributed by atoms with Gasteiger partial charge in [0.1, 0.15) is 22.4 Å². The number of anilines is 1. The van der Waals surface area contributed by atoms with Crippen molar-refractivity contribution < 1.29 is 4.74 Å². The van der Waals surface area contributed by atoms with Crippen LogP contribution in [0.5, 0.6) is 0 Å². The molecule has 0 N–H and O–H groups in total. The maximum atomic E-state index is 6.26. The summed E-state index contributed by atoms with van der Waals surface area (Å²) in [6.45, 7) is 2.89. The first-order chi connectivity index (χ1) is 13.3. The van der Waals surface area contributed by atoms with Crippen LogP contribution in [-0.4, -0.2) is 51.5 Å². The minimum Gasteiger partial charge on any atom is -0.378 e. The molecule has 2 aromatic heterocycles. The second-order valence-corrected chi connectivity index (χ2v) is 8.34. The van der Waals surface area contributed by atoms with E-state index in [4.69, 9.17) is 16.3 Å². The molecule has 8 heteroatoms. The van der Waals surface area contributed by atoms with Crippen LogP contribution in [-0.2, 0) is 17.6 Å².